The predicted octanol–water partition coefficient (Wildman–Crippen LogP) is 0.198. The minimum Gasteiger partial charge on any atom is -0.392 e. The first kappa shape index (κ1) is 13.9. The molecule has 1 unspecified atom stereocenters. The summed E-state index contributed by atoms with van der Waals surface area (Å²) >= 11 is 0. The minimum atomic E-state index is -3.26. The molecule has 1 saturated heterocycles. The van der Waals surface area contributed by atoms with Gasteiger partial charge in [-0.1, -0.05) is 0 Å². The Morgan fingerprint density at radius 1 is 1.50 bits per heavy atom. The van der Waals surface area contributed by atoms with Crippen molar-refractivity contribution in [1.29, 1.82) is 0 Å². The van der Waals surface area contributed by atoms with Gasteiger partial charge < -0.3 is 9.84 Å². The number of β-amino-alcohol motifs (C(OH)–C–C–N with tert-alkyl or cyclic N) is 1. The van der Waals surface area contributed by atoms with E-state index in [1.807, 2.05) is 13.8 Å². The van der Waals surface area contributed by atoms with Crippen molar-refractivity contribution in [3.05, 3.63) is 0 Å². The van der Waals surface area contributed by atoms with Gasteiger partial charge in [-0.2, -0.15) is 4.31 Å². The number of aliphatic hydroxyl groups is 1. The highest BCUT2D eigenvalue weighted by Crippen LogP contribution is 2.14. The van der Waals surface area contributed by atoms with E-state index in [-0.39, 0.29) is 25.0 Å². The van der Waals surface area contributed by atoms with Crippen molar-refractivity contribution in [1.82, 2.24) is 4.31 Å². The zero-order valence-electron chi connectivity index (χ0n) is 9.92. The smallest absolute Gasteiger partial charge is 0.216 e. The second-order valence-corrected chi connectivity index (χ2v) is 6.48. The standard InChI is InChI=1S/C10H21NO4S/c1-9(2)15-6-7-16(13,14)11-5-3-4-10(12)8-11/h9-10,12H,3-8H2,1-2H3. The first-order valence-electron chi connectivity index (χ1n) is 5.69. The van der Waals surface area contributed by atoms with Crippen LogP contribution in [0, 0.1) is 0 Å². The van der Waals surface area contributed by atoms with E-state index in [0.717, 1.165) is 6.42 Å². The van der Waals surface area contributed by atoms with E-state index in [9.17, 15) is 13.5 Å². The van der Waals surface area contributed by atoms with E-state index in [1.54, 1.807) is 0 Å². The predicted molar refractivity (Wildman–Crippen MR) is 61.7 cm³/mol. The number of hydrogen-bond acceptors (Lipinski definition) is 4. The number of piperidine rings is 1. The number of ether oxygens (including phenoxy) is 1. The lowest BCUT2D eigenvalue weighted by Gasteiger charge is -2.29. The molecule has 6 heteroatoms. The summed E-state index contributed by atoms with van der Waals surface area (Å²) in [6.07, 6.45) is 0.941. The Hall–Kier alpha value is -0.170. The van der Waals surface area contributed by atoms with Gasteiger partial charge in [0.2, 0.25) is 10.0 Å². The first-order valence-corrected chi connectivity index (χ1v) is 7.30. The molecule has 0 spiro atoms. The molecule has 0 aromatic heterocycles. The van der Waals surface area contributed by atoms with Crippen molar-refractivity contribution in [2.45, 2.75) is 38.9 Å². The average Bonchev–Trinajstić information content (AvgIpc) is 2.16. The molecule has 5 nitrogen and oxygen atoms in total. The molecule has 1 aliphatic heterocycles. The van der Waals surface area contributed by atoms with Gasteiger partial charge in [-0.05, 0) is 26.7 Å². The van der Waals surface area contributed by atoms with E-state index in [1.165, 1.54) is 4.31 Å². The Morgan fingerprint density at radius 3 is 2.75 bits per heavy atom. The Balaban J connectivity index is 2.43. The summed E-state index contributed by atoms with van der Waals surface area (Å²) in [7, 11) is -3.26. The number of aliphatic hydroxyl groups excluding tert-OH is 1. The van der Waals surface area contributed by atoms with Crippen molar-refractivity contribution in [3.63, 3.8) is 0 Å². The summed E-state index contributed by atoms with van der Waals surface area (Å²) in [6, 6.07) is 0. The average molecular weight is 251 g/mol. The van der Waals surface area contributed by atoms with Crippen LogP contribution in [0.5, 0.6) is 0 Å². The van der Waals surface area contributed by atoms with Crippen LogP contribution in [0.15, 0.2) is 0 Å². The van der Waals surface area contributed by atoms with E-state index in [4.69, 9.17) is 4.74 Å². The molecule has 1 N–H and O–H groups in total. The summed E-state index contributed by atoms with van der Waals surface area (Å²) in [6.45, 7) is 4.70. The van der Waals surface area contributed by atoms with Crippen LogP contribution in [-0.4, -0.2) is 55.5 Å². The normalized spacial score (nSPS) is 23.9. The van der Waals surface area contributed by atoms with Crippen LogP contribution in [0.1, 0.15) is 26.7 Å². The van der Waals surface area contributed by atoms with Crippen LogP contribution in [0.25, 0.3) is 0 Å². The lowest BCUT2D eigenvalue weighted by atomic mass is 10.1. The first-order chi connectivity index (χ1) is 7.42. The Kier molecular flexibility index (Phi) is 5.17. The van der Waals surface area contributed by atoms with Crippen LogP contribution in [-0.2, 0) is 14.8 Å². The lowest BCUT2D eigenvalue weighted by Crippen LogP contribution is -2.43. The molecule has 0 aromatic rings. The highest BCUT2D eigenvalue weighted by atomic mass is 32.2. The zero-order valence-corrected chi connectivity index (χ0v) is 10.7. The molecule has 16 heavy (non-hydrogen) atoms. The molecular formula is C10H21NO4S. The third kappa shape index (κ3) is 4.37. The fourth-order valence-electron chi connectivity index (χ4n) is 1.69. The zero-order chi connectivity index (χ0) is 12.2. The van der Waals surface area contributed by atoms with E-state index >= 15 is 0 Å². The number of sulfonamides is 1. The summed E-state index contributed by atoms with van der Waals surface area (Å²) in [4.78, 5) is 0. The lowest BCUT2D eigenvalue weighted by molar-refractivity contribution is 0.0880. The molecule has 0 amide bonds. The molecular weight excluding hydrogens is 230 g/mol. The summed E-state index contributed by atoms with van der Waals surface area (Å²) in [5.74, 6) is -0.00208. The van der Waals surface area contributed by atoms with Gasteiger partial charge in [0.05, 0.1) is 24.6 Å². The van der Waals surface area contributed by atoms with E-state index in [2.05, 4.69) is 0 Å². The molecule has 0 bridgehead atoms. The molecule has 1 rings (SSSR count). The van der Waals surface area contributed by atoms with E-state index in [0.29, 0.717) is 13.0 Å². The molecule has 0 radical (unpaired) electrons. The van der Waals surface area contributed by atoms with Crippen molar-refractivity contribution < 1.29 is 18.3 Å². The molecule has 0 saturated carbocycles. The van der Waals surface area contributed by atoms with Gasteiger partial charge in [-0.3, -0.25) is 0 Å². The summed E-state index contributed by atoms with van der Waals surface area (Å²) < 4.78 is 30.3. The third-order valence-corrected chi connectivity index (χ3v) is 4.35. The van der Waals surface area contributed by atoms with Gasteiger partial charge in [0.15, 0.2) is 0 Å². The molecule has 1 atom stereocenters. The van der Waals surface area contributed by atoms with Crippen LogP contribution in [0.4, 0.5) is 0 Å². The van der Waals surface area contributed by atoms with Crippen LogP contribution in [0.2, 0.25) is 0 Å². The maximum atomic E-state index is 11.8. The van der Waals surface area contributed by atoms with Crippen molar-refractivity contribution in [2.75, 3.05) is 25.4 Å². The van der Waals surface area contributed by atoms with Gasteiger partial charge in [0.25, 0.3) is 0 Å². The summed E-state index contributed by atoms with van der Waals surface area (Å²) in [5.41, 5.74) is 0. The topological polar surface area (TPSA) is 66.8 Å². The minimum absolute atomic E-state index is 0.00208. The number of rotatable bonds is 5. The Morgan fingerprint density at radius 2 is 2.19 bits per heavy atom. The van der Waals surface area contributed by atoms with Gasteiger partial charge in [-0.15, -0.1) is 0 Å². The number of hydrogen-bond donors (Lipinski definition) is 1. The van der Waals surface area contributed by atoms with Crippen LogP contribution in [0.3, 0.4) is 0 Å². The van der Waals surface area contributed by atoms with Crippen LogP contribution < -0.4 is 0 Å². The second-order valence-electron chi connectivity index (χ2n) is 4.39. The van der Waals surface area contributed by atoms with Gasteiger partial charge in [0, 0.05) is 13.1 Å². The largest absolute Gasteiger partial charge is 0.392 e. The van der Waals surface area contributed by atoms with Crippen molar-refractivity contribution >= 4 is 10.0 Å². The van der Waals surface area contributed by atoms with Crippen molar-refractivity contribution in [2.24, 2.45) is 0 Å². The van der Waals surface area contributed by atoms with Gasteiger partial charge in [0.1, 0.15) is 0 Å². The Labute approximate surface area is 97.4 Å². The van der Waals surface area contributed by atoms with E-state index < -0.39 is 16.1 Å². The second kappa shape index (κ2) is 5.95. The van der Waals surface area contributed by atoms with Gasteiger partial charge in [-0.25, -0.2) is 8.42 Å². The van der Waals surface area contributed by atoms with Gasteiger partial charge >= 0.3 is 0 Å². The third-order valence-electron chi connectivity index (χ3n) is 2.55. The maximum Gasteiger partial charge on any atom is 0.216 e. The fourth-order valence-corrected chi connectivity index (χ4v) is 3.06. The molecule has 1 fully saturated rings. The SMILES string of the molecule is CC(C)OCCS(=O)(=O)N1CCCC(O)C1. The molecule has 1 heterocycles. The molecule has 0 aromatic carbocycles. The molecule has 0 aliphatic carbocycles. The maximum absolute atomic E-state index is 11.8. The molecule has 1 aliphatic rings. The molecule has 96 valence electrons. The highest BCUT2D eigenvalue weighted by molar-refractivity contribution is 7.89. The van der Waals surface area contributed by atoms with Crippen molar-refractivity contribution in [3.8, 4) is 0 Å². The summed E-state index contributed by atoms with van der Waals surface area (Å²) in [5, 5.41) is 9.42. The fraction of sp³-hybridized carbons (Fsp3) is 1.00. The highest BCUT2D eigenvalue weighted by Gasteiger charge is 2.27. The quantitative estimate of drug-likeness (QED) is 0.758. The Bertz CT molecular complexity index is 302. The monoisotopic (exact) mass is 251 g/mol. The number of nitrogens with zero attached hydrogens (tertiary/aromatic N) is 1. The van der Waals surface area contributed by atoms with Crippen LogP contribution >= 0.6 is 0 Å².